The SMILES string of the molecule is Cc1ccc(CN2C(=O)C(Sc3ccccc3)=C(c3ccc(C)cc3C)C2=O)cc1. The van der Waals surface area contributed by atoms with Gasteiger partial charge in [0.05, 0.1) is 17.0 Å². The van der Waals surface area contributed by atoms with E-state index in [4.69, 9.17) is 0 Å². The van der Waals surface area contributed by atoms with Crippen LogP contribution in [0.1, 0.15) is 27.8 Å². The van der Waals surface area contributed by atoms with E-state index < -0.39 is 0 Å². The molecule has 3 aromatic carbocycles. The summed E-state index contributed by atoms with van der Waals surface area (Å²) in [5.74, 6) is -0.463. The minimum absolute atomic E-state index is 0.231. The van der Waals surface area contributed by atoms with Crippen LogP contribution in [0.3, 0.4) is 0 Å². The van der Waals surface area contributed by atoms with Gasteiger partial charge in [-0.05, 0) is 49.6 Å². The molecule has 150 valence electrons. The maximum atomic E-state index is 13.5. The molecule has 0 saturated carbocycles. The number of imide groups is 1. The minimum atomic E-state index is -0.232. The summed E-state index contributed by atoms with van der Waals surface area (Å²) >= 11 is 1.36. The van der Waals surface area contributed by atoms with E-state index in [0.717, 1.165) is 32.7 Å². The number of amides is 2. The summed E-state index contributed by atoms with van der Waals surface area (Å²) in [5, 5.41) is 0. The molecule has 0 saturated heterocycles. The van der Waals surface area contributed by atoms with Crippen molar-refractivity contribution in [3.63, 3.8) is 0 Å². The fourth-order valence-corrected chi connectivity index (χ4v) is 4.63. The predicted octanol–water partition coefficient (Wildman–Crippen LogP) is 5.68. The van der Waals surface area contributed by atoms with Crippen LogP contribution in [0.25, 0.3) is 5.57 Å². The summed E-state index contributed by atoms with van der Waals surface area (Å²) in [7, 11) is 0. The van der Waals surface area contributed by atoms with E-state index in [0.29, 0.717) is 10.5 Å². The Hall–Kier alpha value is -3.11. The zero-order valence-electron chi connectivity index (χ0n) is 17.3. The summed E-state index contributed by atoms with van der Waals surface area (Å²) in [6.07, 6.45) is 0. The molecule has 0 aliphatic carbocycles. The fourth-order valence-electron chi connectivity index (χ4n) is 3.61. The Bertz CT molecular complexity index is 1150. The van der Waals surface area contributed by atoms with Crippen LogP contribution in [-0.4, -0.2) is 16.7 Å². The van der Waals surface area contributed by atoms with E-state index >= 15 is 0 Å². The van der Waals surface area contributed by atoms with Crippen LogP contribution in [0, 0.1) is 20.8 Å². The molecule has 0 unspecified atom stereocenters. The Labute approximate surface area is 181 Å². The first kappa shape index (κ1) is 20.2. The van der Waals surface area contributed by atoms with Crippen LogP contribution in [-0.2, 0) is 16.1 Å². The zero-order valence-corrected chi connectivity index (χ0v) is 18.1. The Kier molecular flexibility index (Phi) is 5.60. The molecular formula is C26H23NO2S. The molecule has 1 aliphatic rings. The largest absolute Gasteiger partial charge is 0.269 e. The van der Waals surface area contributed by atoms with Crippen molar-refractivity contribution in [3.8, 4) is 0 Å². The summed E-state index contributed by atoms with van der Waals surface area (Å²) in [4.78, 5) is 29.6. The number of carbonyl (C=O) groups is 2. The van der Waals surface area contributed by atoms with Gasteiger partial charge in [0.25, 0.3) is 11.8 Å². The molecule has 1 heterocycles. The second-order valence-electron chi connectivity index (χ2n) is 7.62. The van der Waals surface area contributed by atoms with Crippen molar-refractivity contribution in [2.45, 2.75) is 32.2 Å². The van der Waals surface area contributed by atoms with Crippen LogP contribution in [0.5, 0.6) is 0 Å². The maximum Gasteiger partial charge on any atom is 0.268 e. The number of hydrogen-bond acceptors (Lipinski definition) is 3. The number of thioether (sulfide) groups is 1. The lowest BCUT2D eigenvalue weighted by Crippen LogP contribution is -2.31. The van der Waals surface area contributed by atoms with Crippen molar-refractivity contribution >= 4 is 29.1 Å². The van der Waals surface area contributed by atoms with Crippen molar-refractivity contribution in [2.24, 2.45) is 0 Å². The van der Waals surface area contributed by atoms with Gasteiger partial charge in [-0.1, -0.05) is 83.6 Å². The van der Waals surface area contributed by atoms with Gasteiger partial charge in [0.2, 0.25) is 0 Å². The van der Waals surface area contributed by atoms with Crippen molar-refractivity contribution in [2.75, 3.05) is 0 Å². The monoisotopic (exact) mass is 413 g/mol. The standard InChI is InChI=1S/C26H23NO2S/c1-17-9-12-20(13-10-17)16-27-25(28)23(22-14-11-18(2)15-19(22)3)24(26(27)29)30-21-7-5-4-6-8-21/h4-15H,16H2,1-3H3. The quantitative estimate of drug-likeness (QED) is 0.505. The number of carbonyl (C=O) groups excluding carboxylic acids is 2. The molecule has 0 bridgehead atoms. The summed E-state index contributed by atoms with van der Waals surface area (Å²) in [6, 6.07) is 23.6. The van der Waals surface area contributed by atoms with E-state index in [9.17, 15) is 9.59 Å². The lowest BCUT2D eigenvalue weighted by atomic mass is 9.99. The molecule has 0 N–H and O–H groups in total. The highest BCUT2D eigenvalue weighted by Crippen LogP contribution is 2.41. The van der Waals surface area contributed by atoms with Gasteiger partial charge in [-0.3, -0.25) is 14.5 Å². The van der Waals surface area contributed by atoms with Gasteiger partial charge in [0, 0.05) is 4.90 Å². The smallest absolute Gasteiger partial charge is 0.268 e. The van der Waals surface area contributed by atoms with Crippen LogP contribution in [0.4, 0.5) is 0 Å². The molecule has 4 rings (SSSR count). The Balaban J connectivity index is 1.76. The van der Waals surface area contributed by atoms with Gasteiger partial charge in [-0.25, -0.2) is 0 Å². The highest BCUT2D eigenvalue weighted by molar-refractivity contribution is 8.04. The van der Waals surface area contributed by atoms with Crippen molar-refractivity contribution in [1.82, 2.24) is 4.90 Å². The van der Waals surface area contributed by atoms with Crippen molar-refractivity contribution in [1.29, 1.82) is 0 Å². The van der Waals surface area contributed by atoms with E-state index in [1.165, 1.54) is 16.7 Å². The number of rotatable bonds is 5. The van der Waals surface area contributed by atoms with E-state index in [1.54, 1.807) is 0 Å². The van der Waals surface area contributed by atoms with E-state index in [1.807, 2.05) is 93.6 Å². The Morgan fingerprint density at radius 2 is 1.43 bits per heavy atom. The molecule has 30 heavy (non-hydrogen) atoms. The molecule has 1 aliphatic heterocycles. The molecule has 0 aromatic heterocycles. The highest BCUT2D eigenvalue weighted by atomic mass is 32.2. The highest BCUT2D eigenvalue weighted by Gasteiger charge is 2.39. The molecule has 4 heteroatoms. The van der Waals surface area contributed by atoms with Gasteiger partial charge in [-0.15, -0.1) is 0 Å². The number of benzene rings is 3. The fraction of sp³-hybridized carbons (Fsp3) is 0.154. The predicted molar refractivity (Wildman–Crippen MR) is 122 cm³/mol. The molecule has 3 nitrogen and oxygen atoms in total. The minimum Gasteiger partial charge on any atom is -0.269 e. The number of hydrogen-bond donors (Lipinski definition) is 0. The van der Waals surface area contributed by atoms with Gasteiger partial charge in [0.15, 0.2) is 0 Å². The van der Waals surface area contributed by atoms with Gasteiger partial charge in [0.1, 0.15) is 0 Å². The average molecular weight is 414 g/mol. The van der Waals surface area contributed by atoms with Gasteiger partial charge >= 0.3 is 0 Å². The molecule has 3 aromatic rings. The molecular weight excluding hydrogens is 390 g/mol. The zero-order chi connectivity index (χ0) is 21.3. The maximum absolute atomic E-state index is 13.5. The normalized spacial score (nSPS) is 14.0. The van der Waals surface area contributed by atoms with Crippen molar-refractivity contribution < 1.29 is 9.59 Å². The van der Waals surface area contributed by atoms with Crippen molar-refractivity contribution in [3.05, 3.63) is 106 Å². The lowest BCUT2D eigenvalue weighted by Gasteiger charge is -2.16. The summed E-state index contributed by atoms with van der Waals surface area (Å²) < 4.78 is 0. The third kappa shape index (κ3) is 3.96. The topological polar surface area (TPSA) is 37.4 Å². The van der Waals surface area contributed by atoms with Crippen LogP contribution in [0.15, 0.2) is 82.6 Å². The molecule has 0 atom stereocenters. The first-order valence-corrected chi connectivity index (χ1v) is 10.7. The van der Waals surface area contributed by atoms with E-state index in [-0.39, 0.29) is 18.4 Å². The second kappa shape index (κ2) is 8.33. The second-order valence-corrected chi connectivity index (χ2v) is 8.70. The first-order valence-electron chi connectivity index (χ1n) is 9.90. The third-order valence-electron chi connectivity index (χ3n) is 5.20. The van der Waals surface area contributed by atoms with Gasteiger partial charge in [-0.2, -0.15) is 0 Å². The van der Waals surface area contributed by atoms with E-state index in [2.05, 4.69) is 0 Å². The van der Waals surface area contributed by atoms with Crippen LogP contribution >= 0.6 is 11.8 Å². The van der Waals surface area contributed by atoms with Gasteiger partial charge < -0.3 is 0 Å². The molecule has 0 fully saturated rings. The van der Waals surface area contributed by atoms with Crippen LogP contribution < -0.4 is 0 Å². The molecule has 0 radical (unpaired) electrons. The average Bonchev–Trinajstić information content (AvgIpc) is 2.95. The third-order valence-corrected chi connectivity index (χ3v) is 6.29. The molecule has 0 spiro atoms. The summed E-state index contributed by atoms with van der Waals surface area (Å²) in [6.45, 7) is 6.30. The summed E-state index contributed by atoms with van der Waals surface area (Å²) in [5.41, 5.74) is 5.53. The molecule has 2 amide bonds. The number of nitrogens with zero attached hydrogens (tertiary/aromatic N) is 1. The number of aryl methyl sites for hydroxylation is 3. The lowest BCUT2D eigenvalue weighted by molar-refractivity contribution is -0.137. The Morgan fingerprint density at radius 3 is 2.10 bits per heavy atom. The Morgan fingerprint density at radius 1 is 0.767 bits per heavy atom. The van der Waals surface area contributed by atoms with Crippen LogP contribution in [0.2, 0.25) is 0 Å². The first-order chi connectivity index (χ1) is 14.4.